The molecule has 3 rings (SSSR count). The minimum atomic E-state index is -4.01. The molecule has 0 radical (unpaired) electrons. The average molecular weight is 393 g/mol. The molecule has 0 aliphatic carbocycles. The summed E-state index contributed by atoms with van der Waals surface area (Å²) < 4.78 is 53.8. The van der Waals surface area contributed by atoms with Crippen LogP contribution in [0, 0.1) is 5.82 Å². The van der Waals surface area contributed by atoms with Gasteiger partial charge in [0, 0.05) is 12.0 Å². The Balaban J connectivity index is 2.02. The third kappa shape index (κ3) is 3.80. The molecule has 0 fully saturated rings. The molecule has 0 saturated carbocycles. The average Bonchev–Trinajstić information content (AvgIpc) is 2.67. The van der Waals surface area contributed by atoms with E-state index in [0.29, 0.717) is 12.2 Å². The van der Waals surface area contributed by atoms with Gasteiger partial charge in [-0.3, -0.25) is 0 Å². The van der Waals surface area contributed by atoms with Crippen molar-refractivity contribution in [2.75, 3.05) is 7.11 Å². The van der Waals surface area contributed by atoms with Crippen LogP contribution in [0.1, 0.15) is 44.7 Å². The molecule has 5 nitrogen and oxygen atoms in total. The molecule has 0 saturated heterocycles. The maximum absolute atomic E-state index is 13.7. The van der Waals surface area contributed by atoms with Crippen LogP contribution in [0.15, 0.2) is 47.4 Å². The van der Waals surface area contributed by atoms with Gasteiger partial charge in [-0.15, -0.1) is 0 Å². The lowest BCUT2D eigenvalue weighted by atomic mass is 9.84. The topological polar surface area (TPSA) is 64.6 Å². The molecule has 0 unspecified atom stereocenters. The lowest BCUT2D eigenvalue weighted by Crippen LogP contribution is -2.44. The smallest absolute Gasteiger partial charge is 0.244 e. The van der Waals surface area contributed by atoms with Gasteiger partial charge in [-0.2, -0.15) is 0 Å². The van der Waals surface area contributed by atoms with Crippen LogP contribution in [0.25, 0.3) is 0 Å². The zero-order valence-corrected chi connectivity index (χ0v) is 16.5. The van der Waals surface area contributed by atoms with Crippen LogP contribution in [0.4, 0.5) is 4.39 Å². The standard InChI is InChI=1S/C20H24FNO4S/c1-4-20(5-2)13-16(15-8-6-7-9-17(15)26-20)22-27(23,24)19-12-14(21)10-11-18(19)25-3/h6-12,16,22H,4-5,13H2,1-3H3/t16-/m0/s1. The van der Waals surface area contributed by atoms with Crippen molar-refractivity contribution in [3.63, 3.8) is 0 Å². The summed E-state index contributed by atoms with van der Waals surface area (Å²) in [5.41, 5.74) is 0.321. The van der Waals surface area contributed by atoms with Gasteiger partial charge in [-0.05, 0) is 37.1 Å². The fourth-order valence-electron chi connectivity index (χ4n) is 3.52. The van der Waals surface area contributed by atoms with Crippen LogP contribution in [0.5, 0.6) is 11.5 Å². The van der Waals surface area contributed by atoms with E-state index in [9.17, 15) is 12.8 Å². The van der Waals surface area contributed by atoms with E-state index in [1.165, 1.54) is 19.2 Å². The van der Waals surface area contributed by atoms with Gasteiger partial charge in [0.1, 0.15) is 27.8 Å². The molecule has 1 N–H and O–H groups in total. The third-order valence-electron chi connectivity index (χ3n) is 5.20. The highest BCUT2D eigenvalue weighted by molar-refractivity contribution is 7.89. The predicted molar refractivity (Wildman–Crippen MR) is 101 cm³/mol. The van der Waals surface area contributed by atoms with E-state index < -0.39 is 27.5 Å². The molecule has 2 aromatic rings. The number of ether oxygens (including phenoxy) is 2. The van der Waals surface area contributed by atoms with Crippen molar-refractivity contribution < 1.29 is 22.3 Å². The van der Waals surface area contributed by atoms with Crippen molar-refractivity contribution in [3.05, 3.63) is 53.8 Å². The molecule has 27 heavy (non-hydrogen) atoms. The number of hydrogen-bond donors (Lipinski definition) is 1. The molecule has 7 heteroatoms. The Labute approximate surface area is 159 Å². The van der Waals surface area contributed by atoms with Crippen molar-refractivity contribution in [2.45, 2.75) is 49.6 Å². The monoisotopic (exact) mass is 393 g/mol. The Bertz CT molecular complexity index is 925. The largest absolute Gasteiger partial charge is 0.495 e. The fourth-order valence-corrected chi connectivity index (χ4v) is 4.91. The fraction of sp³-hybridized carbons (Fsp3) is 0.400. The summed E-state index contributed by atoms with van der Waals surface area (Å²) in [4.78, 5) is -0.215. The molecule has 1 heterocycles. The van der Waals surface area contributed by atoms with Crippen molar-refractivity contribution in [3.8, 4) is 11.5 Å². The Morgan fingerprint density at radius 3 is 2.59 bits per heavy atom. The number of sulfonamides is 1. The number of nitrogens with one attached hydrogen (secondary N) is 1. The molecule has 1 aliphatic heterocycles. The molecular formula is C20H24FNO4S. The lowest BCUT2D eigenvalue weighted by molar-refractivity contribution is 0.0260. The first-order chi connectivity index (χ1) is 12.8. The van der Waals surface area contributed by atoms with E-state index in [1.807, 2.05) is 38.1 Å². The number of benzene rings is 2. The van der Waals surface area contributed by atoms with E-state index in [-0.39, 0.29) is 10.6 Å². The van der Waals surface area contributed by atoms with E-state index >= 15 is 0 Å². The summed E-state index contributed by atoms with van der Waals surface area (Å²) in [5.74, 6) is 0.132. The highest BCUT2D eigenvalue weighted by Crippen LogP contribution is 2.43. The zero-order chi connectivity index (χ0) is 19.7. The number of fused-ring (bicyclic) bond motifs is 1. The van der Waals surface area contributed by atoms with Crippen molar-refractivity contribution >= 4 is 10.0 Å². The van der Waals surface area contributed by atoms with Crippen LogP contribution >= 0.6 is 0 Å². The summed E-state index contributed by atoms with van der Waals surface area (Å²) in [6.45, 7) is 4.05. The van der Waals surface area contributed by atoms with Crippen LogP contribution < -0.4 is 14.2 Å². The maximum Gasteiger partial charge on any atom is 0.244 e. The Morgan fingerprint density at radius 2 is 1.93 bits per heavy atom. The normalized spacial score (nSPS) is 18.4. The van der Waals surface area contributed by atoms with E-state index in [2.05, 4.69) is 4.72 Å². The summed E-state index contributed by atoms with van der Waals surface area (Å²) in [7, 11) is -2.65. The summed E-state index contributed by atoms with van der Waals surface area (Å²) >= 11 is 0. The number of rotatable bonds is 6. The second kappa shape index (κ2) is 7.48. The van der Waals surface area contributed by atoms with Gasteiger partial charge >= 0.3 is 0 Å². The third-order valence-corrected chi connectivity index (χ3v) is 6.69. The molecule has 0 spiro atoms. The molecule has 0 amide bonds. The van der Waals surface area contributed by atoms with Gasteiger partial charge in [-0.1, -0.05) is 32.0 Å². The predicted octanol–water partition coefficient (Wildman–Crippen LogP) is 4.20. The van der Waals surface area contributed by atoms with Crippen LogP contribution in [-0.4, -0.2) is 21.1 Å². The summed E-state index contributed by atoms with van der Waals surface area (Å²) in [6.07, 6.45) is 1.99. The van der Waals surface area contributed by atoms with E-state index in [4.69, 9.17) is 9.47 Å². The zero-order valence-electron chi connectivity index (χ0n) is 15.7. The SMILES string of the molecule is CCC1(CC)C[C@H](NS(=O)(=O)c2cc(F)ccc2OC)c2ccccc2O1. The van der Waals surface area contributed by atoms with E-state index in [0.717, 1.165) is 24.5 Å². The first-order valence-corrected chi connectivity index (χ1v) is 10.5. The van der Waals surface area contributed by atoms with Gasteiger partial charge < -0.3 is 9.47 Å². The minimum Gasteiger partial charge on any atom is -0.495 e. The molecular weight excluding hydrogens is 369 g/mol. The number of para-hydroxylation sites is 1. The quantitative estimate of drug-likeness (QED) is 0.799. The molecule has 2 aromatic carbocycles. The summed E-state index contributed by atoms with van der Waals surface area (Å²) in [5, 5.41) is 0. The van der Waals surface area contributed by atoms with Gasteiger partial charge in [0.15, 0.2) is 0 Å². The molecule has 1 aliphatic rings. The molecule has 1 atom stereocenters. The Hall–Kier alpha value is -2.12. The Kier molecular flexibility index (Phi) is 5.44. The van der Waals surface area contributed by atoms with Crippen LogP contribution in [0.2, 0.25) is 0 Å². The van der Waals surface area contributed by atoms with Crippen LogP contribution in [-0.2, 0) is 10.0 Å². The van der Waals surface area contributed by atoms with E-state index in [1.54, 1.807) is 0 Å². The highest BCUT2D eigenvalue weighted by Gasteiger charge is 2.40. The molecule has 0 aromatic heterocycles. The lowest BCUT2D eigenvalue weighted by Gasteiger charge is -2.41. The highest BCUT2D eigenvalue weighted by atomic mass is 32.2. The van der Waals surface area contributed by atoms with Gasteiger partial charge in [0.25, 0.3) is 0 Å². The molecule has 0 bridgehead atoms. The van der Waals surface area contributed by atoms with Crippen LogP contribution in [0.3, 0.4) is 0 Å². The summed E-state index contributed by atoms with van der Waals surface area (Å²) in [6, 6.07) is 10.4. The van der Waals surface area contributed by atoms with Gasteiger partial charge in [-0.25, -0.2) is 17.5 Å². The second-order valence-electron chi connectivity index (χ2n) is 6.70. The number of methoxy groups -OCH3 is 1. The minimum absolute atomic E-state index is 0.0986. The second-order valence-corrected chi connectivity index (χ2v) is 8.39. The van der Waals surface area contributed by atoms with Crippen molar-refractivity contribution in [2.24, 2.45) is 0 Å². The first kappa shape index (κ1) is 19.6. The maximum atomic E-state index is 13.7. The Morgan fingerprint density at radius 1 is 1.22 bits per heavy atom. The van der Waals surface area contributed by atoms with Gasteiger partial charge in [0.2, 0.25) is 10.0 Å². The van der Waals surface area contributed by atoms with Gasteiger partial charge in [0.05, 0.1) is 13.2 Å². The van der Waals surface area contributed by atoms with Crippen molar-refractivity contribution in [1.29, 1.82) is 0 Å². The number of halogens is 1. The number of hydrogen-bond acceptors (Lipinski definition) is 4. The molecule has 146 valence electrons. The first-order valence-electron chi connectivity index (χ1n) is 8.98. The van der Waals surface area contributed by atoms with Crippen molar-refractivity contribution in [1.82, 2.24) is 4.72 Å².